The number of nitrogens with one attached hydrogen (secondary N) is 1. The molecule has 1 aliphatic heterocycles. The number of carbonyl (C=O) groups excluding carboxylic acids is 1. The van der Waals surface area contributed by atoms with Crippen molar-refractivity contribution < 1.29 is 13.2 Å². The summed E-state index contributed by atoms with van der Waals surface area (Å²) in [5.74, 6) is 0.0986. The lowest BCUT2D eigenvalue weighted by atomic mass is 10.1. The van der Waals surface area contributed by atoms with Crippen molar-refractivity contribution in [2.45, 2.75) is 13.0 Å². The summed E-state index contributed by atoms with van der Waals surface area (Å²) in [6.45, 7) is 1.51. The molecule has 0 aliphatic carbocycles. The van der Waals surface area contributed by atoms with Crippen molar-refractivity contribution in [3.63, 3.8) is 0 Å². The number of hydrogen-bond donors (Lipinski definition) is 1. The van der Waals surface area contributed by atoms with Crippen molar-refractivity contribution >= 4 is 21.3 Å². The zero-order valence-electron chi connectivity index (χ0n) is 9.38. The first-order valence-corrected chi connectivity index (χ1v) is 6.96. The fourth-order valence-electron chi connectivity index (χ4n) is 1.68. The summed E-state index contributed by atoms with van der Waals surface area (Å²) >= 11 is 0. The zero-order chi connectivity index (χ0) is 12.5. The molecule has 1 N–H and O–H groups in total. The number of carbonyl (C=O) groups is 1. The minimum absolute atomic E-state index is 0.0138. The molecule has 4 nitrogen and oxygen atoms in total. The fraction of sp³-hybridized carbons (Fsp3) is 0.250. The first-order chi connectivity index (χ1) is 7.96. The van der Waals surface area contributed by atoms with Crippen molar-refractivity contribution in [2.75, 3.05) is 11.1 Å². The number of rotatable bonds is 3. The molecular formula is C12H13NO3S. The maximum absolute atomic E-state index is 11.2. The minimum Gasteiger partial charge on any atom is -0.378 e. The van der Waals surface area contributed by atoms with Crippen LogP contribution in [-0.4, -0.2) is 26.0 Å². The molecule has 0 fully saturated rings. The van der Waals surface area contributed by atoms with Crippen LogP contribution < -0.4 is 5.32 Å². The van der Waals surface area contributed by atoms with E-state index in [0.717, 1.165) is 5.69 Å². The molecule has 0 bridgehead atoms. The number of anilines is 1. The third-order valence-corrected chi connectivity index (χ3v) is 3.97. The Bertz CT molecular complexity index is 558. The number of hydrogen-bond acceptors (Lipinski definition) is 4. The second-order valence-electron chi connectivity index (χ2n) is 4.04. The average molecular weight is 251 g/mol. The smallest absolute Gasteiger partial charge is 0.173 e. The van der Waals surface area contributed by atoms with Gasteiger partial charge in [0.25, 0.3) is 0 Å². The van der Waals surface area contributed by atoms with Crippen LogP contribution in [0.1, 0.15) is 17.3 Å². The molecule has 0 aromatic heterocycles. The van der Waals surface area contributed by atoms with Crippen molar-refractivity contribution in [3.05, 3.63) is 41.3 Å². The Kier molecular flexibility index (Phi) is 3.02. The topological polar surface area (TPSA) is 63.2 Å². The molecule has 0 unspecified atom stereocenters. The van der Waals surface area contributed by atoms with Gasteiger partial charge in [-0.1, -0.05) is 6.08 Å². The van der Waals surface area contributed by atoms with Crippen molar-refractivity contribution in [2.24, 2.45) is 0 Å². The normalized spacial score (nSPS) is 21.4. The Labute approximate surface area is 100 Å². The van der Waals surface area contributed by atoms with Crippen molar-refractivity contribution in [3.8, 4) is 0 Å². The van der Waals surface area contributed by atoms with Gasteiger partial charge in [-0.2, -0.15) is 0 Å². The molecule has 1 aliphatic rings. The summed E-state index contributed by atoms with van der Waals surface area (Å²) in [4.78, 5) is 11.1. The summed E-state index contributed by atoms with van der Waals surface area (Å²) in [7, 11) is -3.03. The summed E-state index contributed by atoms with van der Waals surface area (Å²) in [6.07, 6.45) is 1.63. The highest BCUT2D eigenvalue weighted by atomic mass is 32.2. The van der Waals surface area contributed by atoms with Gasteiger partial charge < -0.3 is 5.32 Å². The first-order valence-electron chi connectivity index (χ1n) is 5.25. The monoisotopic (exact) mass is 251 g/mol. The van der Waals surface area contributed by atoms with Gasteiger partial charge in [-0.25, -0.2) is 8.42 Å². The van der Waals surface area contributed by atoms with Crippen LogP contribution in [0.3, 0.4) is 0 Å². The third kappa shape index (κ3) is 2.94. The predicted octanol–water partition coefficient (Wildman–Crippen LogP) is 1.61. The zero-order valence-corrected chi connectivity index (χ0v) is 10.2. The Hall–Kier alpha value is -1.62. The van der Waals surface area contributed by atoms with Gasteiger partial charge in [-0.3, -0.25) is 4.79 Å². The molecule has 0 radical (unpaired) electrons. The van der Waals surface area contributed by atoms with Crippen LogP contribution in [0.4, 0.5) is 5.69 Å². The Morgan fingerprint density at radius 2 is 1.94 bits per heavy atom. The van der Waals surface area contributed by atoms with Crippen LogP contribution >= 0.6 is 0 Å². The Balaban J connectivity index is 2.06. The number of benzene rings is 1. The van der Waals surface area contributed by atoms with Crippen molar-refractivity contribution in [1.29, 1.82) is 0 Å². The van der Waals surface area contributed by atoms with Crippen LogP contribution in [0.5, 0.6) is 0 Å². The van der Waals surface area contributed by atoms with E-state index in [9.17, 15) is 13.2 Å². The van der Waals surface area contributed by atoms with Gasteiger partial charge >= 0.3 is 0 Å². The second-order valence-corrected chi connectivity index (χ2v) is 5.97. The van der Waals surface area contributed by atoms with E-state index in [-0.39, 0.29) is 17.6 Å². The molecule has 1 aromatic rings. The van der Waals surface area contributed by atoms with E-state index in [2.05, 4.69) is 5.32 Å². The molecule has 0 saturated heterocycles. The lowest BCUT2D eigenvalue weighted by Gasteiger charge is -2.11. The van der Waals surface area contributed by atoms with E-state index < -0.39 is 9.84 Å². The highest BCUT2D eigenvalue weighted by Gasteiger charge is 2.21. The Morgan fingerprint density at radius 3 is 2.41 bits per heavy atom. The molecule has 0 amide bonds. The lowest BCUT2D eigenvalue weighted by Crippen LogP contribution is -2.20. The molecule has 1 heterocycles. The van der Waals surface area contributed by atoms with Crippen molar-refractivity contribution in [1.82, 2.24) is 0 Å². The standard InChI is InChI=1S/C12H13NO3S/c1-9(14)10-2-4-11(5-3-10)13-12-6-7-17(15,16)8-12/h2-7,12-13H,8H2,1H3/t12-/m0/s1. The predicted molar refractivity (Wildman–Crippen MR) is 66.8 cm³/mol. The van der Waals surface area contributed by atoms with Crippen LogP contribution in [-0.2, 0) is 9.84 Å². The SMILES string of the molecule is CC(=O)c1ccc(N[C@H]2C=CS(=O)(=O)C2)cc1. The molecule has 17 heavy (non-hydrogen) atoms. The minimum atomic E-state index is -3.03. The molecule has 5 heteroatoms. The maximum atomic E-state index is 11.2. The average Bonchev–Trinajstić information content (AvgIpc) is 2.59. The van der Waals surface area contributed by atoms with E-state index >= 15 is 0 Å². The third-order valence-electron chi connectivity index (χ3n) is 2.57. The van der Waals surface area contributed by atoms with Gasteiger partial charge in [0.1, 0.15) is 0 Å². The van der Waals surface area contributed by atoms with E-state index in [4.69, 9.17) is 0 Å². The summed E-state index contributed by atoms with van der Waals surface area (Å²) < 4.78 is 22.4. The van der Waals surface area contributed by atoms with Crippen LogP contribution in [0.15, 0.2) is 35.7 Å². The lowest BCUT2D eigenvalue weighted by molar-refractivity contribution is 0.101. The van der Waals surface area contributed by atoms with Gasteiger partial charge in [-0.05, 0) is 31.2 Å². The molecular weight excluding hydrogens is 238 g/mol. The second kappa shape index (κ2) is 4.33. The maximum Gasteiger partial charge on any atom is 0.173 e. The number of ketones is 1. The molecule has 0 spiro atoms. The van der Waals surface area contributed by atoms with E-state index in [0.29, 0.717) is 5.56 Å². The van der Waals surface area contributed by atoms with Gasteiger partial charge in [-0.15, -0.1) is 0 Å². The van der Waals surface area contributed by atoms with E-state index in [1.165, 1.54) is 12.3 Å². The first kappa shape index (κ1) is 11.9. The highest BCUT2D eigenvalue weighted by molar-refractivity contribution is 7.94. The van der Waals surface area contributed by atoms with Gasteiger partial charge in [0.05, 0.1) is 11.8 Å². The van der Waals surface area contributed by atoms with Gasteiger partial charge in [0.15, 0.2) is 15.6 Å². The molecule has 1 atom stereocenters. The summed E-state index contributed by atoms with van der Waals surface area (Å²) in [6, 6.07) is 6.80. The molecule has 0 saturated carbocycles. The van der Waals surface area contributed by atoms with Gasteiger partial charge in [0.2, 0.25) is 0 Å². The van der Waals surface area contributed by atoms with Gasteiger partial charge in [0, 0.05) is 16.7 Å². The van der Waals surface area contributed by atoms with Crippen LogP contribution in [0.2, 0.25) is 0 Å². The highest BCUT2D eigenvalue weighted by Crippen LogP contribution is 2.16. The number of Topliss-reactive ketones (excluding diaryl/α,β-unsaturated/α-hetero) is 1. The van der Waals surface area contributed by atoms with E-state index in [1.54, 1.807) is 30.3 Å². The van der Waals surface area contributed by atoms with Crippen LogP contribution in [0.25, 0.3) is 0 Å². The molecule has 90 valence electrons. The van der Waals surface area contributed by atoms with Crippen LogP contribution in [0, 0.1) is 0 Å². The largest absolute Gasteiger partial charge is 0.378 e. The summed E-state index contributed by atoms with van der Waals surface area (Å²) in [5.41, 5.74) is 1.45. The quantitative estimate of drug-likeness (QED) is 0.829. The van der Waals surface area contributed by atoms with E-state index in [1.807, 2.05) is 0 Å². The fourth-order valence-corrected chi connectivity index (χ4v) is 2.92. The Morgan fingerprint density at radius 1 is 1.29 bits per heavy atom. The number of sulfone groups is 1. The molecule has 2 rings (SSSR count). The summed E-state index contributed by atoms with van der Waals surface area (Å²) in [5, 5.41) is 4.32. The molecule has 1 aromatic carbocycles.